The van der Waals surface area contributed by atoms with E-state index in [9.17, 15) is 0 Å². The normalized spacial score (nSPS) is 12.4. The molecule has 0 aliphatic rings. The van der Waals surface area contributed by atoms with Gasteiger partial charge < -0.3 is 4.74 Å². The third-order valence-corrected chi connectivity index (χ3v) is 3.69. The lowest BCUT2D eigenvalue weighted by Crippen LogP contribution is -2.27. The minimum absolute atomic E-state index is 0.655. The van der Waals surface area contributed by atoms with Crippen LogP contribution in [0.5, 0.6) is 0 Å². The summed E-state index contributed by atoms with van der Waals surface area (Å²) in [6, 6.07) is 4.10. The van der Waals surface area contributed by atoms with Gasteiger partial charge in [-0.2, -0.15) is 0 Å². The number of ether oxygens (including phenoxy) is 1. The van der Waals surface area contributed by atoms with Gasteiger partial charge in [-0.3, -0.25) is 0 Å². The van der Waals surface area contributed by atoms with Gasteiger partial charge in [-0.15, -0.1) is 11.8 Å². The number of hydrogen-bond donors (Lipinski definition) is 0. The highest BCUT2D eigenvalue weighted by atomic mass is 32.2. The number of methoxy groups -OCH3 is 1. The van der Waals surface area contributed by atoms with Crippen LogP contribution in [0.4, 0.5) is 0 Å². The predicted octanol–water partition coefficient (Wildman–Crippen LogP) is 3.35. The van der Waals surface area contributed by atoms with Gasteiger partial charge in [0.05, 0.1) is 7.11 Å². The van der Waals surface area contributed by atoms with Crippen LogP contribution in [0.1, 0.15) is 12.5 Å². The molecule has 0 unspecified atom stereocenters. The molecule has 0 bridgehead atoms. The summed E-state index contributed by atoms with van der Waals surface area (Å²) in [5.41, 5.74) is 2.10. The molecular weight excluding hydrogens is 252 g/mol. The van der Waals surface area contributed by atoms with Gasteiger partial charge in [0, 0.05) is 16.0 Å². The van der Waals surface area contributed by atoms with Crippen LogP contribution < -0.4 is 10.4 Å². The standard InChI is InChI=1S/C17H20OS/c1-7-9-15-12(3)10-11-16(19-6)17(15)14(8-2)13(4)18-5/h7-11H,1,3-4H2,2,5-6H3/b14-8+,15-9+. The number of benzene rings is 1. The molecule has 0 aromatic heterocycles. The maximum atomic E-state index is 5.30. The van der Waals surface area contributed by atoms with Crippen molar-refractivity contribution in [1.82, 2.24) is 0 Å². The molecule has 0 fully saturated rings. The van der Waals surface area contributed by atoms with Gasteiger partial charge in [-0.1, -0.05) is 44.0 Å². The number of thioether (sulfide) groups is 1. The molecule has 0 aliphatic carbocycles. The Bertz CT molecular complexity index is 623. The average Bonchev–Trinajstić information content (AvgIpc) is 2.43. The molecule has 0 atom stereocenters. The van der Waals surface area contributed by atoms with E-state index < -0.39 is 0 Å². The van der Waals surface area contributed by atoms with Crippen LogP contribution in [-0.2, 0) is 4.74 Å². The molecule has 0 heterocycles. The molecule has 19 heavy (non-hydrogen) atoms. The SMILES string of the molecule is C=C/C=c1/c(/C(=C/C)C(=C)OC)c(SC)ccc1=C. The fourth-order valence-electron chi connectivity index (χ4n) is 1.95. The first kappa shape index (κ1) is 15.4. The first-order chi connectivity index (χ1) is 9.10. The second-order valence-corrected chi connectivity index (χ2v) is 4.80. The van der Waals surface area contributed by atoms with Crippen LogP contribution in [-0.4, -0.2) is 13.4 Å². The smallest absolute Gasteiger partial charge is 0.119 e. The zero-order chi connectivity index (χ0) is 14.4. The summed E-state index contributed by atoms with van der Waals surface area (Å²) in [6.07, 6.45) is 7.83. The summed E-state index contributed by atoms with van der Waals surface area (Å²) < 4.78 is 5.30. The highest BCUT2D eigenvalue weighted by molar-refractivity contribution is 7.98. The molecule has 1 nitrogen and oxygen atoms in total. The molecule has 1 rings (SSSR count). The second-order valence-electron chi connectivity index (χ2n) is 3.95. The molecule has 1 aromatic rings. The molecule has 0 saturated carbocycles. The average molecular weight is 272 g/mol. The number of rotatable bonds is 5. The second kappa shape index (κ2) is 7.05. The van der Waals surface area contributed by atoms with Crippen molar-refractivity contribution in [3.8, 4) is 0 Å². The third-order valence-electron chi connectivity index (χ3n) is 2.91. The minimum Gasteiger partial charge on any atom is -0.497 e. The van der Waals surface area contributed by atoms with E-state index in [0.717, 1.165) is 21.6 Å². The van der Waals surface area contributed by atoms with Gasteiger partial charge in [0.1, 0.15) is 5.76 Å². The zero-order valence-electron chi connectivity index (χ0n) is 11.8. The van der Waals surface area contributed by atoms with Crippen molar-refractivity contribution in [3.05, 3.63) is 59.2 Å². The third kappa shape index (κ3) is 3.21. The van der Waals surface area contributed by atoms with E-state index in [0.29, 0.717) is 5.76 Å². The highest BCUT2D eigenvalue weighted by Gasteiger charge is 2.12. The largest absolute Gasteiger partial charge is 0.497 e. The van der Waals surface area contributed by atoms with Crippen LogP contribution in [0.25, 0.3) is 18.2 Å². The van der Waals surface area contributed by atoms with Gasteiger partial charge >= 0.3 is 0 Å². The van der Waals surface area contributed by atoms with E-state index in [4.69, 9.17) is 4.74 Å². The van der Waals surface area contributed by atoms with Crippen molar-refractivity contribution in [2.24, 2.45) is 0 Å². The summed E-state index contributed by atoms with van der Waals surface area (Å²) in [6.45, 7) is 13.8. The van der Waals surface area contributed by atoms with Gasteiger partial charge in [0.25, 0.3) is 0 Å². The van der Waals surface area contributed by atoms with Crippen LogP contribution in [0.3, 0.4) is 0 Å². The minimum atomic E-state index is 0.655. The molecule has 0 aliphatic heterocycles. The van der Waals surface area contributed by atoms with E-state index in [1.165, 1.54) is 4.90 Å². The molecule has 0 saturated heterocycles. The Morgan fingerprint density at radius 2 is 2.05 bits per heavy atom. The molecule has 0 radical (unpaired) electrons. The van der Waals surface area contributed by atoms with Crippen molar-refractivity contribution < 1.29 is 4.74 Å². The Morgan fingerprint density at radius 3 is 2.53 bits per heavy atom. The quantitative estimate of drug-likeness (QED) is 0.462. The Hall–Kier alpha value is -1.67. The van der Waals surface area contributed by atoms with Gasteiger partial charge in [-0.05, 0) is 29.7 Å². The van der Waals surface area contributed by atoms with Crippen molar-refractivity contribution in [1.29, 1.82) is 0 Å². The van der Waals surface area contributed by atoms with Crippen LogP contribution >= 0.6 is 11.8 Å². The molecule has 0 amide bonds. The van der Waals surface area contributed by atoms with Crippen LogP contribution in [0.15, 0.2) is 48.1 Å². The maximum Gasteiger partial charge on any atom is 0.119 e. The molecular formula is C17H20OS. The first-order valence-corrected chi connectivity index (χ1v) is 7.21. The van der Waals surface area contributed by atoms with Gasteiger partial charge in [0.2, 0.25) is 0 Å². The van der Waals surface area contributed by atoms with Crippen molar-refractivity contribution in [3.63, 3.8) is 0 Å². The van der Waals surface area contributed by atoms with Gasteiger partial charge in [-0.25, -0.2) is 0 Å². The lowest BCUT2D eigenvalue weighted by Gasteiger charge is -2.14. The monoisotopic (exact) mass is 272 g/mol. The summed E-state index contributed by atoms with van der Waals surface area (Å²) in [5.74, 6) is 0.655. The summed E-state index contributed by atoms with van der Waals surface area (Å²) in [4.78, 5) is 1.17. The molecule has 0 spiro atoms. The molecule has 100 valence electrons. The summed E-state index contributed by atoms with van der Waals surface area (Å²) in [5, 5.41) is 2.03. The Kier molecular flexibility index (Phi) is 5.71. The van der Waals surface area contributed by atoms with Crippen LogP contribution in [0.2, 0.25) is 0 Å². The highest BCUT2D eigenvalue weighted by Crippen LogP contribution is 2.27. The fourth-order valence-corrected chi connectivity index (χ4v) is 2.58. The van der Waals surface area contributed by atoms with Crippen molar-refractivity contribution >= 4 is 30.0 Å². The van der Waals surface area contributed by atoms with E-state index in [1.807, 2.05) is 25.1 Å². The Labute approximate surface area is 119 Å². The van der Waals surface area contributed by atoms with Crippen molar-refractivity contribution in [2.45, 2.75) is 11.8 Å². The predicted molar refractivity (Wildman–Crippen MR) is 87.5 cm³/mol. The van der Waals surface area contributed by atoms with E-state index in [-0.39, 0.29) is 0 Å². The Balaban J connectivity index is 3.78. The zero-order valence-corrected chi connectivity index (χ0v) is 12.6. The van der Waals surface area contributed by atoms with E-state index in [1.54, 1.807) is 24.9 Å². The topological polar surface area (TPSA) is 9.23 Å². The molecule has 2 heteroatoms. The molecule has 0 N–H and O–H groups in total. The summed E-state index contributed by atoms with van der Waals surface area (Å²) >= 11 is 1.70. The first-order valence-electron chi connectivity index (χ1n) is 5.99. The van der Waals surface area contributed by atoms with Crippen LogP contribution in [0, 0.1) is 0 Å². The lowest BCUT2D eigenvalue weighted by atomic mass is 10.00. The maximum absolute atomic E-state index is 5.30. The van der Waals surface area contributed by atoms with E-state index in [2.05, 4.69) is 32.1 Å². The van der Waals surface area contributed by atoms with E-state index >= 15 is 0 Å². The van der Waals surface area contributed by atoms with Gasteiger partial charge in [0.15, 0.2) is 0 Å². The van der Waals surface area contributed by atoms with Crippen molar-refractivity contribution in [2.75, 3.05) is 13.4 Å². The molecule has 1 aromatic carbocycles. The fraction of sp³-hybridized carbons (Fsp3) is 0.176. The number of allylic oxidation sites excluding steroid dienone is 3. The Morgan fingerprint density at radius 1 is 1.37 bits per heavy atom. The lowest BCUT2D eigenvalue weighted by molar-refractivity contribution is 0.312. The number of hydrogen-bond acceptors (Lipinski definition) is 2. The summed E-state index contributed by atoms with van der Waals surface area (Å²) in [7, 11) is 1.63.